The molecule has 0 saturated carbocycles. The second-order valence-corrected chi connectivity index (χ2v) is 7.01. The van der Waals surface area contributed by atoms with Gasteiger partial charge in [0.05, 0.1) is 0 Å². The van der Waals surface area contributed by atoms with Crippen LogP contribution in [0.4, 0.5) is 5.69 Å². The van der Waals surface area contributed by atoms with E-state index in [0.29, 0.717) is 5.75 Å². The minimum absolute atomic E-state index is 0.0853. The van der Waals surface area contributed by atoms with Crippen LogP contribution in [0.25, 0.3) is 0 Å². The van der Waals surface area contributed by atoms with Crippen molar-refractivity contribution in [1.29, 1.82) is 0 Å². The molecule has 1 saturated heterocycles. The SMILES string of the molecule is CC(=O)N1C(C(=O)Nc2ccc(C)cc2)CSC1c1ccccc1. The fraction of sp³-hybridized carbons (Fsp3) is 0.263. The average Bonchev–Trinajstić information content (AvgIpc) is 3.03. The van der Waals surface area contributed by atoms with Gasteiger partial charge in [-0.2, -0.15) is 0 Å². The van der Waals surface area contributed by atoms with Gasteiger partial charge < -0.3 is 10.2 Å². The molecular formula is C19H20N2O2S. The Morgan fingerprint density at radius 3 is 2.38 bits per heavy atom. The summed E-state index contributed by atoms with van der Waals surface area (Å²) < 4.78 is 0. The number of hydrogen-bond acceptors (Lipinski definition) is 3. The van der Waals surface area contributed by atoms with Crippen LogP contribution in [0, 0.1) is 6.92 Å². The largest absolute Gasteiger partial charge is 0.324 e. The Labute approximate surface area is 146 Å². The number of nitrogens with zero attached hydrogens (tertiary/aromatic N) is 1. The first-order valence-electron chi connectivity index (χ1n) is 7.89. The Hall–Kier alpha value is -2.27. The van der Waals surface area contributed by atoms with Crippen LogP contribution in [-0.2, 0) is 9.59 Å². The fourth-order valence-electron chi connectivity index (χ4n) is 2.83. The summed E-state index contributed by atoms with van der Waals surface area (Å²) >= 11 is 1.63. The zero-order chi connectivity index (χ0) is 17.1. The van der Waals surface area contributed by atoms with E-state index in [-0.39, 0.29) is 17.2 Å². The zero-order valence-corrected chi connectivity index (χ0v) is 14.5. The van der Waals surface area contributed by atoms with Gasteiger partial charge >= 0.3 is 0 Å². The maximum Gasteiger partial charge on any atom is 0.248 e. The Bertz CT molecular complexity index is 731. The lowest BCUT2D eigenvalue weighted by molar-refractivity contribution is -0.136. The first kappa shape index (κ1) is 16.6. The van der Waals surface area contributed by atoms with Crippen molar-refractivity contribution in [3.8, 4) is 0 Å². The molecule has 5 heteroatoms. The number of hydrogen-bond donors (Lipinski definition) is 1. The Morgan fingerprint density at radius 2 is 1.75 bits per heavy atom. The summed E-state index contributed by atoms with van der Waals surface area (Å²) in [7, 11) is 0. The molecule has 2 unspecified atom stereocenters. The first-order valence-corrected chi connectivity index (χ1v) is 8.94. The van der Waals surface area contributed by atoms with E-state index in [9.17, 15) is 9.59 Å². The normalized spacial score (nSPS) is 20.0. The van der Waals surface area contributed by atoms with E-state index in [0.717, 1.165) is 16.8 Å². The van der Waals surface area contributed by atoms with Gasteiger partial charge in [-0.25, -0.2) is 0 Å². The van der Waals surface area contributed by atoms with Crippen molar-refractivity contribution in [2.45, 2.75) is 25.3 Å². The van der Waals surface area contributed by atoms with Crippen LogP contribution >= 0.6 is 11.8 Å². The number of amides is 2. The molecule has 1 aliphatic rings. The van der Waals surface area contributed by atoms with E-state index < -0.39 is 6.04 Å². The average molecular weight is 340 g/mol. The predicted molar refractivity (Wildman–Crippen MR) is 97.8 cm³/mol. The number of carbonyl (C=O) groups is 2. The van der Waals surface area contributed by atoms with Crippen molar-refractivity contribution in [3.63, 3.8) is 0 Å². The Kier molecular flexibility index (Phi) is 4.90. The first-order chi connectivity index (χ1) is 11.6. The maximum atomic E-state index is 12.7. The summed E-state index contributed by atoms with van der Waals surface area (Å²) in [6.07, 6.45) is 0. The maximum absolute atomic E-state index is 12.7. The number of thioether (sulfide) groups is 1. The second kappa shape index (κ2) is 7.09. The van der Waals surface area contributed by atoms with Crippen molar-refractivity contribution in [2.75, 3.05) is 11.1 Å². The molecule has 2 atom stereocenters. The second-order valence-electron chi connectivity index (χ2n) is 5.89. The summed E-state index contributed by atoms with van der Waals surface area (Å²) in [6, 6.07) is 17.0. The van der Waals surface area contributed by atoms with E-state index >= 15 is 0 Å². The molecule has 0 aliphatic carbocycles. The molecule has 2 amide bonds. The summed E-state index contributed by atoms with van der Waals surface area (Å²) in [5.74, 6) is 0.370. The predicted octanol–water partition coefficient (Wildman–Crippen LogP) is 3.60. The molecule has 2 aromatic carbocycles. The molecule has 1 N–H and O–H groups in total. The Balaban J connectivity index is 1.78. The Morgan fingerprint density at radius 1 is 1.08 bits per heavy atom. The smallest absolute Gasteiger partial charge is 0.248 e. The number of nitrogens with one attached hydrogen (secondary N) is 1. The van der Waals surface area contributed by atoms with E-state index in [2.05, 4.69) is 5.32 Å². The van der Waals surface area contributed by atoms with Gasteiger partial charge in [0.1, 0.15) is 11.4 Å². The molecule has 0 radical (unpaired) electrons. The van der Waals surface area contributed by atoms with Gasteiger partial charge in [-0.15, -0.1) is 11.8 Å². The van der Waals surface area contributed by atoms with Crippen LogP contribution in [0.15, 0.2) is 54.6 Å². The van der Waals surface area contributed by atoms with Crippen molar-refractivity contribution in [1.82, 2.24) is 4.90 Å². The van der Waals surface area contributed by atoms with Crippen LogP contribution in [-0.4, -0.2) is 28.5 Å². The zero-order valence-electron chi connectivity index (χ0n) is 13.7. The van der Waals surface area contributed by atoms with E-state index in [4.69, 9.17) is 0 Å². The third-order valence-electron chi connectivity index (χ3n) is 4.07. The third-order valence-corrected chi connectivity index (χ3v) is 5.39. The van der Waals surface area contributed by atoms with E-state index in [1.54, 1.807) is 16.7 Å². The highest BCUT2D eigenvalue weighted by Gasteiger charge is 2.40. The minimum atomic E-state index is -0.459. The quantitative estimate of drug-likeness (QED) is 0.929. The number of carbonyl (C=O) groups excluding carboxylic acids is 2. The summed E-state index contributed by atoms with van der Waals surface area (Å²) in [6.45, 7) is 3.52. The highest BCUT2D eigenvalue weighted by molar-refractivity contribution is 7.99. The molecule has 0 spiro atoms. The molecule has 0 bridgehead atoms. The lowest BCUT2D eigenvalue weighted by Crippen LogP contribution is -2.44. The molecular weight excluding hydrogens is 320 g/mol. The van der Waals surface area contributed by atoms with Crippen molar-refractivity contribution in [2.24, 2.45) is 0 Å². The van der Waals surface area contributed by atoms with Crippen LogP contribution in [0.5, 0.6) is 0 Å². The van der Waals surface area contributed by atoms with Crippen molar-refractivity contribution >= 4 is 29.3 Å². The van der Waals surface area contributed by atoms with Gasteiger partial charge in [0.15, 0.2) is 0 Å². The van der Waals surface area contributed by atoms with Crippen molar-refractivity contribution < 1.29 is 9.59 Å². The number of anilines is 1. The van der Waals surface area contributed by atoms with Gasteiger partial charge in [0, 0.05) is 18.4 Å². The summed E-state index contributed by atoms with van der Waals surface area (Å²) in [5, 5.41) is 2.81. The lowest BCUT2D eigenvalue weighted by Gasteiger charge is -2.27. The number of benzene rings is 2. The molecule has 124 valence electrons. The summed E-state index contributed by atoms with van der Waals surface area (Å²) in [4.78, 5) is 26.5. The monoisotopic (exact) mass is 340 g/mol. The van der Waals surface area contributed by atoms with E-state index in [1.165, 1.54) is 6.92 Å². The van der Waals surface area contributed by atoms with Gasteiger partial charge in [-0.3, -0.25) is 9.59 Å². The fourth-order valence-corrected chi connectivity index (χ4v) is 4.31. The molecule has 2 aromatic rings. The highest BCUT2D eigenvalue weighted by atomic mass is 32.2. The number of rotatable bonds is 3. The lowest BCUT2D eigenvalue weighted by atomic mass is 10.1. The van der Waals surface area contributed by atoms with Gasteiger partial charge in [0.2, 0.25) is 11.8 Å². The molecule has 1 fully saturated rings. The third kappa shape index (κ3) is 3.46. The van der Waals surface area contributed by atoms with Gasteiger partial charge in [-0.1, -0.05) is 48.0 Å². The molecule has 4 nitrogen and oxygen atoms in total. The molecule has 0 aromatic heterocycles. The number of aryl methyl sites for hydroxylation is 1. The minimum Gasteiger partial charge on any atom is -0.324 e. The molecule has 3 rings (SSSR count). The van der Waals surface area contributed by atoms with Crippen LogP contribution < -0.4 is 5.32 Å². The van der Waals surface area contributed by atoms with Crippen molar-refractivity contribution in [3.05, 3.63) is 65.7 Å². The van der Waals surface area contributed by atoms with Crippen LogP contribution in [0.1, 0.15) is 23.4 Å². The van der Waals surface area contributed by atoms with Crippen LogP contribution in [0.2, 0.25) is 0 Å². The summed E-state index contributed by atoms with van der Waals surface area (Å²) in [5.41, 5.74) is 2.93. The molecule has 1 heterocycles. The van der Waals surface area contributed by atoms with E-state index in [1.807, 2.05) is 61.5 Å². The van der Waals surface area contributed by atoms with Gasteiger partial charge in [0.25, 0.3) is 0 Å². The van der Waals surface area contributed by atoms with Gasteiger partial charge in [-0.05, 0) is 24.6 Å². The topological polar surface area (TPSA) is 49.4 Å². The highest BCUT2D eigenvalue weighted by Crippen LogP contribution is 2.41. The standard InChI is InChI=1S/C19H20N2O2S/c1-13-8-10-16(11-9-13)20-18(23)17-12-24-19(21(17)14(2)22)15-6-4-3-5-7-15/h3-11,17,19H,12H2,1-2H3,(H,20,23). The molecule has 24 heavy (non-hydrogen) atoms. The molecule has 1 aliphatic heterocycles. The van der Waals surface area contributed by atoms with Crippen LogP contribution in [0.3, 0.4) is 0 Å².